The van der Waals surface area contributed by atoms with Crippen LogP contribution in [0.25, 0.3) is 0 Å². The normalized spacial score (nSPS) is 33.2. The predicted octanol–water partition coefficient (Wildman–Crippen LogP) is -1.76. The van der Waals surface area contributed by atoms with Gasteiger partial charge in [0.25, 0.3) is 23.4 Å². The summed E-state index contributed by atoms with van der Waals surface area (Å²) in [4.78, 5) is 88.9. The van der Waals surface area contributed by atoms with Gasteiger partial charge in [-0.3, -0.25) is 47.8 Å². The number of hydrogen-bond donors (Lipinski definition) is 16. The van der Waals surface area contributed by atoms with E-state index in [1.54, 1.807) is 27.7 Å². The summed E-state index contributed by atoms with van der Waals surface area (Å²) in [7, 11) is 0. The van der Waals surface area contributed by atoms with E-state index in [4.69, 9.17) is 54.8 Å². The monoisotopic (exact) mass is 1580 g/mol. The highest BCUT2D eigenvalue weighted by Gasteiger charge is 2.61. The number of carbonyl (C=O) groups is 4. The van der Waals surface area contributed by atoms with Gasteiger partial charge in [-0.2, -0.15) is 0 Å². The molecular weight excluding hydrogens is 1500 g/mol. The topological polar surface area (TPSA) is 537 Å². The first kappa shape index (κ1) is 78.2. The van der Waals surface area contributed by atoms with Crippen molar-refractivity contribution in [1.29, 1.82) is 0 Å². The molecule has 104 heavy (non-hydrogen) atoms. The summed E-state index contributed by atoms with van der Waals surface area (Å²) in [6, 6.07) is -4.72. The van der Waals surface area contributed by atoms with Crippen molar-refractivity contribution in [2.45, 2.75) is 177 Å². The average molecular weight is 1590 g/mol. The lowest BCUT2D eigenvalue weighted by molar-refractivity contribution is -0.219. The largest absolute Gasteiger partial charge is 0.458 e. The fraction of sp³-hybridized carbons (Fsp3) is 0.632. The van der Waals surface area contributed by atoms with Crippen molar-refractivity contribution in [3.05, 3.63) is 106 Å². The van der Waals surface area contributed by atoms with Gasteiger partial charge >= 0.3 is 40.9 Å². The third kappa shape index (κ3) is 20.0. The highest BCUT2D eigenvalue weighted by Crippen LogP contribution is 2.42. The number of halogens is 8. The fourth-order valence-corrected chi connectivity index (χ4v) is 9.14. The van der Waals surface area contributed by atoms with Crippen LogP contribution < -0.4 is 45.3 Å². The molecule has 0 amide bonds. The number of thiocarbonyl (C=S) groups is 1. The Morgan fingerprint density at radius 2 is 0.808 bits per heavy atom. The maximum Gasteiger partial charge on any atom is 0.328 e. The third-order valence-corrected chi connectivity index (χ3v) is 16.4. The second kappa shape index (κ2) is 35.2. The number of hydrogen-bond acceptors (Lipinski definition) is 32. The second-order valence-corrected chi connectivity index (χ2v) is 26.0. The van der Waals surface area contributed by atoms with Gasteiger partial charge in [0, 0.05) is 6.20 Å². The van der Waals surface area contributed by atoms with Crippen LogP contribution in [-0.2, 0) is 57.1 Å². The van der Waals surface area contributed by atoms with Gasteiger partial charge in [0.2, 0.25) is 0 Å². The Morgan fingerprint density at radius 1 is 0.519 bits per heavy atom. The van der Waals surface area contributed by atoms with Gasteiger partial charge in [-0.25, -0.2) is 49.5 Å². The first-order chi connectivity index (χ1) is 50.1. The third-order valence-electron chi connectivity index (χ3n) is 15.3. The van der Waals surface area contributed by atoms with Crippen LogP contribution in [-0.4, -0.2) is 232 Å². The molecule has 8 rings (SSSR count). The number of aromatic amines is 3. The highest BCUT2D eigenvalue weighted by atomic mass is 32.1. The Hall–Kier alpha value is -6.85. The molecule has 8 heterocycles. The minimum absolute atomic E-state index is 0.190. The maximum atomic E-state index is 15.4. The summed E-state index contributed by atoms with van der Waals surface area (Å²) in [6.45, 7) is 6.53. The van der Waals surface area contributed by atoms with E-state index in [9.17, 15) is 101 Å². The van der Waals surface area contributed by atoms with Crippen LogP contribution in [0.15, 0.2) is 57.4 Å². The lowest BCUT2D eigenvalue weighted by atomic mass is 10.1. The van der Waals surface area contributed by atoms with Crippen LogP contribution in [0.4, 0.5) is 35.1 Å². The molecule has 0 spiro atoms. The lowest BCUT2D eigenvalue weighted by Gasteiger charge is -2.33. The molecule has 0 aromatic carbocycles. The van der Waals surface area contributed by atoms with Crippen LogP contribution in [0.5, 0.6) is 0 Å². The van der Waals surface area contributed by atoms with Crippen LogP contribution in [0.2, 0.25) is 0 Å². The molecule has 20 atom stereocenters. The summed E-state index contributed by atoms with van der Waals surface area (Å²) in [5, 5.41) is 82.6. The van der Waals surface area contributed by atoms with Crippen molar-refractivity contribution in [2.24, 2.45) is 46.6 Å². The molecule has 3 aromatic rings. The molecule has 4 fully saturated rings. The molecule has 5 aliphatic rings. The minimum Gasteiger partial charge on any atom is -0.458 e. The number of ether oxygens (including phenoxy) is 8. The van der Waals surface area contributed by atoms with Crippen LogP contribution in [0.1, 0.15) is 82.3 Å². The number of aliphatic hydroxyl groups is 8. The summed E-state index contributed by atoms with van der Waals surface area (Å²) in [6.07, 6.45) is -26.5. The van der Waals surface area contributed by atoms with Gasteiger partial charge in [-0.1, -0.05) is 111 Å². The molecule has 4 saturated heterocycles. The number of alkyl halides is 4. The zero-order valence-corrected chi connectivity index (χ0v) is 58.5. The number of rotatable bonds is 20. The smallest absolute Gasteiger partial charge is 0.328 e. The van der Waals surface area contributed by atoms with E-state index in [0.29, 0.717) is 38.8 Å². The molecule has 0 bridgehead atoms. The number of aliphatic hydroxyl groups excluding tert-OH is 8. The quantitative estimate of drug-likeness (QED) is 0.0258. The Balaban J connectivity index is 0.000000263. The summed E-state index contributed by atoms with van der Waals surface area (Å²) >= 11 is 18.3. The van der Waals surface area contributed by atoms with Crippen LogP contribution in [0, 0.1) is 55.0 Å². The Labute approximate surface area is 611 Å². The number of nitrogens with zero attached hydrogens (tertiary/aromatic N) is 4. The van der Waals surface area contributed by atoms with Crippen molar-refractivity contribution in [3.63, 3.8) is 0 Å². The van der Waals surface area contributed by atoms with Gasteiger partial charge in [0.15, 0.2) is 74.5 Å². The standard InChI is InChI=1S/C15H21F2N3O5S.3C14H19F2N3O6S/c1-6(2)9(18)14(23)24-5-15(17)11(22)10(21)13(25-15)20-4-8(16)12(26)19-7(20)3;3*1-5(2)7(17)12(22)24-4-14(16)9(21)8(20)11(25-14)19-3-6(15)10(26)18-13(19)23/h4,6,9-11,13,21-22H,3,5,18H2,1-2H3,(H,19,26);3*3,5,7-9,11,20-21H,4,17H2,1-2H3,(H,18,23,26)/t9-,10+,11-,13+,15+;3*7-,8+,9-,11+,14+/m0000/s1/i5D2,13D;11D;4D2;. The minimum atomic E-state index is -3.91. The molecule has 584 valence electrons. The number of nitrogens with one attached hydrogen (secondary N) is 4. The maximum absolute atomic E-state index is 15.4. The van der Waals surface area contributed by atoms with Crippen molar-refractivity contribution in [2.75, 3.05) is 26.3 Å². The number of carbonyl (C=O) groups excluding carboxylic acids is 4. The molecule has 0 saturated carbocycles. The molecular formula is C57H78F8N12O23S4. The van der Waals surface area contributed by atoms with Gasteiger partial charge in [-0.05, 0) is 23.7 Å². The van der Waals surface area contributed by atoms with Crippen molar-refractivity contribution >= 4 is 77.7 Å². The van der Waals surface area contributed by atoms with Gasteiger partial charge in [0.1, 0.15) is 97.7 Å². The summed E-state index contributed by atoms with van der Waals surface area (Å²) < 4.78 is 199. The summed E-state index contributed by atoms with van der Waals surface area (Å²) in [5.41, 5.74) is 18.9. The number of esters is 4. The number of nitrogens with two attached hydrogens (primary N) is 4. The van der Waals surface area contributed by atoms with Gasteiger partial charge < -0.3 is 112 Å². The van der Waals surface area contributed by atoms with Crippen LogP contribution in [0.3, 0.4) is 0 Å². The lowest BCUT2D eigenvalue weighted by Crippen LogP contribution is -2.47. The first-order valence-electron chi connectivity index (χ1n) is 33.1. The van der Waals surface area contributed by atoms with Crippen molar-refractivity contribution < 1.29 is 141 Å². The molecule has 20 N–H and O–H groups in total. The molecule has 35 nitrogen and oxygen atoms in total. The van der Waals surface area contributed by atoms with E-state index in [1.807, 2.05) is 15.0 Å². The number of H-pyrrole nitrogens is 3. The van der Waals surface area contributed by atoms with Gasteiger partial charge in [-0.15, -0.1) is 0 Å². The van der Waals surface area contributed by atoms with E-state index in [-0.39, 0.29) is 22.2 Å². The van der Waals surface area contributed by atoms with E-state index < -0.39 is 243 Å². The molecule has 3 aromatic heterocycles. The average Bonchev–Trinajstić information content (AvgIpc) is 1.58. The Morgan fingerprint density at radius 3 is 1.19 bits per heavy atom. The molecule has 0 unspecified atom stereocenters. The van der Waals surface area contributed by atoms with E-state index >= 15 is 8.78 Å². The SMILES string of the molecule is CC(C)[C@H](N)C(=O)OC[C@@]1(F)O[C@@H](n2cc(F)c(=S)[nH]c2=O)[C@H](O)[C@@H]1O.[2H]C([2H])(OC(=O)[C@@H](N)C(C)C)[C@@]1(F)O[C@@H](n2cc(F)c(=S)[nH]c2=O)[C@H](O)[C@@H]1O.[2H]C([2H])(OC(=O)[C@@H](N)C(C)C)[C@@]1(F)O[C@@]([2H])(N2C=C(F)C(=S)NC2=C)[C@H](O)[C@@H]1O.[2H][C@@]1(n2cc(F)c(=S)[nH]c2=O)O[C@](F)(COC(=O)[C@@H](N)C(C)C)[C@@H](O)[C@H]1O. The Kier molecular flexibility index (Phi) is 26.5. The predicted molar refractivity (Wildman–Crippen MR) is 347 cm³/mol. The number of aromatic nitrogens is 6. The van der Waals surface area contributed by atoms with E-state index in [2.05, 4.69) is 75.0 Å². The Bertz CT molecular complexity index is 4380. The summed E-state index contributed by atoms with van der Waals surface area (Å²) in [5.74, 6) is -24.8. The molecule has 0 radical (unpaired) electrons. The zero-order chi connectivity index (χ0) is 84.7. The van der Waals surface area contributed by atoms with Gasteiger partial charge in [0.05, 0.1) is 26.8 Å². The zero-order valence-electron chi connectivity index (χ0n) is 61.3. The fourth-order valence-electron chi connectivity index (χ4n) is 8.55. The molecule has 0 aliphatic carbocycles. The van der Waals surface area contributed by atoms with Crippen molar-refractivity contribution in [3.8, 4) is 0 Å². The molecule has 5 aliphatic heterocycles. The van der Waals surface area contributed by atoms with Crippen LogP contribution >= 0.6 is 48.9 Å². The van der Waals surface area contributed by atoms with Crippen molar-refractivity contribution in [1.82, 2.24) is 38.9 Å². The van der Waals surface area contributed by atoms with E-state index in [0.717, 1.165) is 0 Å². The molecule has 47 heteroatoms. The highest BCUT2D eigenvalue weighted by molar-refractivity contribution is 7.80. The second-order valence-electron chi connectivity index (χ2n) is 24.4. The first-order valence-corrected chi connectivity index (χ1v) is 31.7. The van der Waals surface area contributed by atoms with E-state index in [1.165, 1.54) is 27.7 Å².